The van der Waals surface area contributed by atoms with E-state index in [1.165, 1.54) is 24.3 Å². The SMILES string of the molecule is CCCCN(C)CCS(=O)(=O)c1ccc(C#N)cc1. The minimum atomic E-state index is -3.26. The highest BCUT2D eigenvalue weighted by Crippen LogP contribution is 2.12. The minimum absolute atomic E-state index is 0.110. The number of nitrogens with zero attached hydrogens (tertiary/aromatic N) is 2. The molecule has 0 aliphatic carbocycles. The topological polar surface area (TPSA) is 61.2 Å². The van der Waals surface area contributed by atoms with E-state index in [2.05, 4.69) is 6.92 Å². The predicted octanol–water partition coefficient (Wildman–Crippen LogP) is 2.06. The normalized spacial score (nSPS) is 11.5. The second-order valence-electron chi connectivity index (χ2n) is 4.61. The van der Waals surface area contributed by atoms with Gasteiger partial charge < -0.3 is 4.90 Å². The summed E-state index contributed by atoms with van der Waals surface area (Å²) in [5, 5.41) is 8.68. The van der Waals surface area contributed by atoms with E-state index in [-0.39, 0.29) is 10.6 Å². The van der Waals surface area contributed by atoms with Gasteiger partial charge in [-0.15, -0.1) is 0 Å². The molecular weight excluding hydrogens is 260 g/mol. The number of hydrogen-bond donors (Lipinski definition) is 0. The van der Waals surface area contributed by atoms with E-state index in [0.717, 1.165) is 19.4 Å². The Kier molecular flexibility index (Phi) is 6.00. The molecule has 0 atom stereocenters. The fourth-order valence-electron chi connectivity index (χ4n) is 1.67. The summed E-state index contributed by atoms with van der Waals surface area (Å²) in [7, 11) is -1.32. The van der Waals surface area contributed by atoms with Crippen LogP contribution in [0.4, 0.5) is 0 Å². The van der Waals surface area contributed by atoms with Gasteiger partial charge in [-0.25, -0.2) is 8.42 Å². The van der Waals surface area contributed by atoms with E-state index in [4.69, 9.17) is 5.26 Å². The van der Waals surface area contributed by atoms with Crippen molar-refractivity contribution in [3.8, 4) is 6.07 Å². The molecule has 0 N–H and O–H groups in total. The molecule has 0 amide bonds. The van der Waals surface area contributed by atoms with E-state index in [9.17, 15) is 8.42 Å². The van der Waals surface area contributed by atoms with Gasteiger partial charge in [0.1, 0.15) is 0 Å². The van der Waals surface area contributed by atoms with Gasteiger partial charge in [-0.2, -0.15) is 5.26 Å². The van der Waals surface area contributed by atoms with Gasteiger partial charge in [0.2, 0.25) is 0 Å². The zero-order valence-electron chi connectivity index (χ0n) is 11.5. The first kappa shape index (κ1) is 15.7. The third kappa shape index (κ3) is 5.01. The highest BCUT2D eigenvalue weighted by molar-refractivity contribution is 7.91. The van der Waals surface area contributed by atoms with Gasteiger partial charge in [-0.1, -0.05) is 13.3 Å². The van der Waals surface area contributed by atoms with Crippen LogP contribution in [0.5, 0.6) is 0 Å². The molecule has 0 bridgehead atoms. The summed E-state index contributed by atoms with van der Waals surface area (Å²) < 4.78 is 24.2. The number of nitriles is 1. The molecule has 1 aromatic carbocycles. The van der Waals surface area contributed by atoms with E-state index >= 15 is 0 Å². The molecule has 5 heteroatoms. The first-order chi connectivity index (χ1) is 8.99. The second kappa shape index (κ2) is 7.27. The van der Waals surface area contributed by atoms with Gasteiger partial charge in [-0.05, 0) is 44.3 Å². The summed E-state index contributed by atoms with van der Waals surface area (Å²) in [6, 6.07) is 8.05. The lowest BCUT2D eigenvalue weighted by Crippen LogP contribution is -2.26. The fraction of sp³-hybridized carbons (Fsp3) is 0.500. The third-order valence-corrected chi connectivity index (χ3v) is 4.69. The molecule has 0 heterocycles. The molecule has 0 spiro atoms. The lowest BCUT2D eigenvalue weighted by Gasteiger charge is -2.15. The van der Waals surface area contributed by atoms with Crippen LogP contribution in [0.25, 0.3) is 0 Å². The van der Waals surface area contributed by atoms with Crippen LogP contribution in [0.1, 0.15) is 25.3 Å². The fourth-order valence-corrected chi connectivity index (χ4v) is 3.01. The van der Waals surface area contributed by atoms with Crippen LogP contribution in [-0.2, 0) is 9.84 Å². The van der Waals surface area contributed by atoms with Crippen molar-refractivity contribution in [3.63, 3.8) is 0 Å². The summed E-state index contributed by atoms with van der Waals surface area (Å²) >= 11 is 0. The Morgan fingerprint density at radius 2 is 1.84 bits per heavy atom. The van der Waals surface area contributed by atoms with Crippen molar-refractivity contribution < 1.29 is 8.42 Å². The summed E-state index contributed by atoms with van der Waals surface area (Å²) in [6.45, 7) is 3.56. The molecule has 0 unspecified atom stereocenters. The molecule has 0 aliphatic rings. The lowest BCUT2D eigenvalue weighted by atomic mass is 10.2. The minimum Gasteiger partial charge on any atom is -0.305 e. The molecule has 1 aromatic rings. The van der Waals surface area contributed by atoms with Gasteiger partial charge in [0, 0.05) is 6.54 Å². The van der Waals surface area contributed by atoms with Crippen molar-refractivity contribution in [1.29, 1.82) is 5.26 Å². The van der Waals surface area contributed by atoms with E-state index < -0.39 is 9.84 Å². The maximum Gasteiger partial charge on any atom is 0.179 e. The zero-order chi connectivity index (χ0) is 14.3. The first-order valence-corrected chi connectivity index (χ1v) is 8.06. The summed E-state index contributed by atoms with van der Waals surface area (Å²) in [5.74, 6) is 0.110. The van der Waals surface area contributed by atoms with E-state index in [1.807, 2.05) is 18.0 Å². The van der Waals surface area contributed by atoms with Gasteiger partial charge in [0.25, 0.3) is 0 Å². The number of rotatable bonds is 7. The van der Waals surface area contributed by atoms with Crippen molar-refractivity contribution in [2.45, 2.75) is 24.7 Å². The monoisotopic (exact) mass is 280 g/mol. The zero-order valence-corrected chi connectivity index (χ0v) is 12.3. The summed E-state index contributed by atoms with van der Waals surface area (Å²) in [6.07, 6.45) is 2.18. The molecule has 0 saturated carbocycles. The number of benzene rings is 1. The second-order valence-corrected chi connectivity index (χ2v) is 6.72. The average molecular weight is 280 g/mol. The van der Waals surface area contributed by atoms with Crippen LogP contribution < -0.4 is 0 Å². The van der Waals surface area contributed by atoms with Crippen LogP contribution in [-0.4, -0.2) is 39.2 Å². The molecule has 104 valence electrons. The molecule has 0 aromatic heterocycles. The van der Waals surface area contributed by atoms with Crippen LogP contribution in [0, 0.1) is 11.3 Å². The van der Waals surface area contributed by atoms with Crippen LogP contribution in [0.15, 0.2) is 29.2 Å². The Bertz CT molecular complexity index is 530. The van der Waals surface area contributed by atoms with Crippen molar-refractivity contribution in [3.05, 3.63) is 29.8 Å². The maximum atomic E-state index is 12.1. The van der Waals surface area contributed by atoms with Gasteiger partial charge in [-0.3, -0.25) is 0 Å². The standard InChI is InChI=1S/C14H20N2O2S/c1-3-4-9-16(2)10-11-19(17,18)14-7-5-13(12-15)6-8-14/h5-8H,3-4,9-11H2,1-2H3. The van der Waals surface area contributed by atoms with Crippen LogP contribution in [0.3, 0.4) is 0 Å². The van der Waals surface area contributed by atoms with E-state index in [1.54, 1.807) is 0 Å². The van der Waals surface area contributed by atoms with Gasteiger partial charge in [0.05, 0.1) is 22.3 Å². The smallest absolute Gasteiger partial charge is 0.179 e. The summed E-state index contributed by atoms with van der Waals surface area (Å²) in [5.41, 5.74) is 0.471. The first-order valence-electron chi connectivity index (χ1n) is 6.41. The molecule has 0 saturated heterocycles. The largest absolute Gasteiger partial charge is 0.305 e. The van der Waals surface area contributed by atoms with Crippen molar-refractivity contribution >= 4 is 9.84 Å². The summed E-state index contributed by atoms with van der Waals surface area (Å²) in [4.78, 5) is 2.32. The number of hydrogen-bond acceptors (Lipinski definition) is 4. The molecule has 0 fully saturated rings. The Balaban J connectivity index is 2.63. The molecular formula is C14H20N2O2S. The maximum absolute atomic E-state index is 12.1. The Morgan fingerprint density at radius 1 is 1.21 bits per heavy atom. The third-order valence-electron chi connectivity index (χ3n) is 2.98. The highest BCUT2D eigenvalue weighted by atomic mass is 32.2. The Labute approximate surface area is 115 Å². The number of sulfone groups is 1. The molecule has 0 aliphatic heterocycles. The number of unbranched alkanes of at least 4 members (excludes halogenated alkanes) is 1. The van der Waals surface area contributed by atoms with Crippen molar-refractivity contribution in [2.75, 3.05) is 25.9 Å². The van der Waals surface area contributed by atoms with Gasteiger partial charge >= 0.3 is 0 Å². The predicted molar refractivity (Wildman–Crippen MR) is 75.6 cm³/mol. The molecule has 0 radical (unpaired) electrons. The van der Waals surface area contributed by atoms with Crippen molar-refractivity contribution in [2.24, 2.45) is 0 Å². The van der Waals surface area contributed by atoms with Gasteiger partial charge in [0.15, 0.2) is 9.84 Å². The lowest BCUT2D eigenvalue weighted by molar-refractivity contribution is 0.346. The molecule has 19 heavy (non-hydrogen) atoms. The van der Waals surface area contributed by atoms with Crippen molar-refractivity contribution in [1.82, 2.24) is 4.90 Å². The van der Waals surface area contributed by atoms with Crippen LogP contribution >= 0.6 is 0 Å². The average Bonchev–Trinajstić information content (AvgIpc) is 2.43. The highest BCUT2D eigenvalue weighted by Gasteiger charge is 2.15. The van der Waals surface area contributed by atoms with E-state index in [0.29, 0.717) is 12.1 Å². The quantitative estimate of drug-likeness (QED) is 0.767. The Morgan fingerprint density at radius 3 is 2.37 bits per heavy atom. The Hall–Kier alpha value is -1.38. The van der Waals surface area contributed by atoms with Crippen LogP contribution in [0.2, 0.25) is 0 Å². The molecule has 4 nitrogen and oxygen atoms in total. The molecule has 1 rings (SSSR count).